The third-order valence-electron chi connectivity index (χ3n) is 4.61. The highest BCUT2D eigenvalue weighted by molar-refractivity contribution is 7.16. The van der Waals surface area contributed by atoms with E-state index in [-0.39, 0.29) is 18.1 Å². The Kier molecular flexibility index (Phi) is 6.79. The molecule has 0 spiro atoms. The average Bonchev–Trinajstić information content (AvgIpc) is 3.11. The zero-order valence-electron chi connectivity index (χ0n) is 16.1. The maximum absolute atomic E-state index is 12.6. The molecule has 1 aliphatic carbocycles. The van der Waals surface area contributed by atoms with E-state index in [4.69, 9.17) is 10.6 Å². The molecule has 0 fully saturated rings. The van der Waals surface area contributed by atoms with Crippen LogP contribution in [0, 0.1) is 0 Å². The van der Waals surface area contributed by atoms with Crippen LogP contribution in [0.1, 0.15) is 50.9 Å². The molecule has 4 N–H and O–H groups in total. The van der Waals surface area contributed by atoms with E-state index in [1.807, 2.05) is 5.43 Å². The SMILES string of the molecule is CCOC(=O)c1c(NC(=CC(=O)c2ccccc2)C(=O)NN)sc2c1CCCC2. The lowest BCUT2D eigenvalue weighted by Crippen LogP contribution is -2.34. The summed E-state index contributed by atoms with van der Waals surface area (Å²) in [6.07, 6.45) is 4.89. The number of thiophene rings is 1. The van der Waals surface area contributed by atoms with Crippen molar-refractivity contribution in [2.75, 3.05) is 11.9 Å². The van der Waals surface area contributed by atoms with Crippen LogP contribution in [-0.4, -0.2) is 24.3 Å². The van der Waals surface area contributed by atoms with Crippen molar-refractivity contribution < 1.29 is 19.1 Å². The molecule has 29 heavy (non-hydrogen) atoms. The van der Waals surface area contributed by atoms with Gasteiger partial charge in [0.25, 0.3) is 5.91 Å². The molecule has 1 aliphatic rings. The number of carbonyl (C=O) groups excluding carboxylic acids is 3. The first-order chi connectivity index (χ1) is 14.0. The standard InChI is InChI=1S/C21H23N3O4S/c1-2-28-21(27)18-14-10-6-7-11-17(14)29-20(18)23-15(19(26)24-22)12-16(25)13-8-4-3-5-9-13/h3-5,8-9,12,23H,2,6-7,10-11,22H2,1H3,(H,24,26). The molecule has 152 valence electrons. The highest BCUT2D eigenvalue weighted by Gasteiger charge is 2.27. The van der Waals surface area contributed by atoms with E-state index in [1.54, 1.807) is 37.3 Å². The summed E-state index contributed by atoms with van der Waals surface area (Å²) in [6.45, 7) is 2.00. The van der Waals surface area contributed by atoms with Gasteiger partial charge in [-0.25, -0.2) is 10.6 Å². The third-order valence-corrected chi connectivity index (χ3v) is 5.82. The van der Waals surface area contributed by atoms with Crippen molar-refractivity contribution in [1.82, 2.24) is 5.43 Å². The molecule has 8 heteroatoms. The van der Waals surface area contributed by atoms with E-state index in [0.29, 0.717) is 16.1 Å². The molecular weight excluding hydrogens is 390 g/mol. The monoisotopic (exact) mass is 413 g/mol. The van der Waals surface area contributed by atoms with Crippen molar-refractivity contribution in [1.29, 1.82) is 0 Å². The molecule has 3 rings (SSSR count). The van der Waals surface area contributed by atoms with Gasteiger partial charge >= 0.3 is 5.97 Å². The molecule has 0 bridgehead atoms. The number of ether oxygens (including phenoxy) is 1. The van der Waals surface area contributed by atoms with Crippen molar-refractivity contribution in [2.45, 2.75) is 32.6 Å². The van der Waals surface area contributed by atoms with Gasteiger partial charge in [-0.1, -0.05) is 30.3 Å². The highest BCUT2D eigenvalue weighted by atomic mass is 32.1. The van der Waals surface area contributed by atoms with Crippen LogP contribution in [0.15, 0.2) is 42.1 Å². The van der Waals surface area contributed by atoms with Crippen molar-refractivity contribution in [3.05, 3.63) is 63.7 Å². The average molecular weight is 413 g/mol. The van der Waals surface area contributed by atoms with E-state index in [0.717, 1.165) is 36.1 Å². The fourth-order valence-corrected chi connectivity index (χ4v) is 4.54. The number of ketones is 1. The summed E-state index contributed by atoms with van der Waals surface area (Å²) >= 11 is 1.41. The quantitative estimate of drug-likeness (QED) is 0.161. The molecule has 1 heterocycles. The number of nitrogens with two attached hydrogens (primary N) is 1. The molecule has 7 nitrogen and oxygen atoms in total. The Balaban J connectivity index is 1.99. The second kappa shape index (κ2) is 9.49. The summed E-state index contributed by atoms with van der Waals surface area (Å²) < 4.78 is 5.23. The largest absolute Gasteiger partial charge is 0.462 e. The molecule has 1 amide bonds. The van der Waals surface area contributed by atoms with Gasteiger partial charge in [0.05, 0.1) is 12.2 Å². The van der Waals surface area contributed by atoms with E-state index < -0.39 is 11.9 Å². The van der Waals surface area contributed by atoms with Crippen molar-refractivity contribution in [3.63, 3.8) is 0 Å². The van der Waals surface area contributed by atoms with Crippen LogP contribution in [0.2, 0.25) is 0 Å². The van der Waals surface area contributed by atoms with Crippen molar-refractivity contribution in [3.8, 4) is 0 Å². The van der Waals surface area contributed by atoms with Crippen LogP contribution in [0.3, 0.4) is 0 Å². The molecule has 1 aromatic heterocycles. The first-order valence-corrected chi connectivity index (χ1v) is 10.3. The molecule has 0 saturated carbocycles. The summed E-state index contributed by atoms with van der Waals surface area (Å²) in [4.78, 5) is 38.6. The normalized spacial score (nSPS) is 13.4. The van der Waals surface area contributed by atoms with Gasteiger partial charge in [-0.05, 0) is 38.2 Å². The number of nitrogens with one attached hydrogen (secondary N) is 2. The molecule has 0 aliphatic heterocycles. The number of hydrogen-bond donors (Lipinski definition) is 3. The number of rotatable bonds is 7. The third kappa shape index (κ3) is 4.72. The zero-order valence-corrected chi connectivity index (χ0v) is 16.9. The molecule has 0 saturated heterocycles. The van der Waals surface area contributed by atoms with Gasteiger partial charge in [0.1, 0.15) is 10.7 Å². The fraction of sp³-hybridized carbons (Fsp3) is 0.286. The Labute approximate surface area is 172 Å². The number of hydrogen-bond acceptors (Lipinski definition) is 7. The van der Waals surface area contributed by atoms with Gasteiger partial charge < -0.3 is 10.1 Å². The Bertz CT molecular complexity index is 950. The van der Waals surface area contributed by atoms with Gasteiger partial charge in [0, 0.05) is 16.5 Å². The maximum atomic E-state index is 12.6. The zero-order chi connectivity index (χ0) is 20.8. The predicted molar refractivity (Wildman–Crippen MR) is 112 cm³/mol. The lowest BCUT2D eigenvalue weighted by atomic mass is 9.95. The summed E-state index contributed by atoms with van der Waals surface area (Å²) in [5, 5.41) is 3.45. The van der Waals surface area contributed by atoms with E-state index in [9.17, 15) is 14.4 Å². The van der Waals surface area contributed by atoms with Crippen LogP contribution in [-0.2, 0) is 22.4 Å². The minimum Gasteiger partial charge on any atom is -0.462 e. The van der Waals surface area contributed by atoms with E-state index >= 15 is 0 Å². The Morgan fingerprint density at radius 3 is 2.59 bits per heavy atom. The molecular formula is C21H23N3O4S. The number of fused-ring (bicyclic) bond motifs is 1. The Morgan fingerprint density at radius 1 is 1.17 bits per heavy atom. The first kappa shape index (κ1) is 20.8. The number of benzene rings is 1. The number of anilines is 1. The van der Waals surface area contributed by atoms with Crippen LogP contribution >= 0.6 is 11.3 Å². The molecule has 1 aromatic carbocycles. The lowest BCUT2D eigenvalue weighted by Gasteiger charge is -2.13. The van der Waals surface area contributed by atoms with Crippen LogP contribution in [0.25, 0.3) is 0 Å². The molecule has 2 aromatic rings. The number of aryl methyl sites for hydroxylation is 1. The number of esters is 1. The first-order valence-electron chi connectivity index (χ1n) is 9.45. The second-order valence-corrected chi connectivity index (χ2v) is 7.63. The van der Waals surface area contributed by atoms with Crippen LogP contribution in [0.4, 0.5) is 5.00 Å². The number of allylic oxidation sites excluding steroid dienone is 1. The molecule has 0 atom stereocenters. The molecule has 0 unspecified atom stereocenters. The number of hydrazine groups is 1. The summed E-state index contributed by atoms with van der Waals surface area (Å²) in [6, 6.07) is 8.59. The van der Waals surface area contributed by atoms with Crippen molar-refractivity contribution in [2.24, 2.45) is 5.84 Å². The van der Waals surface area contributed by atoms with Crippen LogP contribution in [0.5, 0.6) is 0 Å². The lowest BCUT2D eigenvalue weighted by molar-refractivity contribution is -0.117. The molecule has 0 radical (unpaired) electrons. The Morgan fingerprint density at radius 2 is 1.90 bits per heavy atom. The Hall–Kier alpha value is -2.97. The van der Waals surface area contributed by atoms with Gasteiger partial charge in [-0.2, -0.15) is 0 Å². The predicted octanol–water partition coefficient (Wildman–Crippen LogP) is 2.97. The van der Waals surface area contributed by atoms with Crippen molar-refractivity contribution >= 4 is 34.0 Å². The fourth-order valence-electron chi connectivity index (χ4n) is 3.25. The highest BCUT2D eigenvalue weighted by Crippen LogP contribution is 2.39. The minimum absolute atomic E-state index is 0.0366. The second-order valence-electron chi connectivity index (χ2n) is 6.52. The van der Waals surface area contributed by atoms with Gasteiger partial charge in [-0.15, -0.1) is 11.3 Å². The van der Waals surface area contributed by atoms with Gasteiger partial charge in [0.15, 0.2) is 5.78 Å². The van der Waals surface area contributed by atoms with Crippen LogP contribution < -0.4 is 16.6 Å². The minimum atomic E-state index is -0.657. The van der Waals surface area contributed by atoms with E-state index in [1.165, 1.54) is 17.4 Å². The summed E-state index contributed by atoms with van der Waals surface area (Å²) in [5.41, 5.74) is 3.85. The summed E-state index contributed by atoms with van der Waals surface area (Å²) in [7, 11) is 0. The van der Waals surface area contributed by atoms with Gasteiger partial charge in [0.2, 0.25) is 0 Å². The number of carbonyl (C=O) groups is 3. The summed E-state index contributed by atoms with van der Waals surface area (Å²) in [5.74, 6) is 3.86. The number of amides is 1. The maximum Gasteiger partial charge on any atom is 0.341 e. The topological polar surface area (TPSA) is 111 Å². The van der Waals surface area contributed by atoms with Gasteiger partial charge in [-0.3, -0.25) is 15.0 Å². The smallest absolute Gasteiger partial charge is 0.341 e. The van der Waals surface area contributed by atoms with E-state index in [2.05, 4.69) is 5.32 Å².